The number of hydrogen-bond donors (Lipinski definition) is 3. The largest absolute Gasteiger partial charge is 0.509 e. The molecule has 7 heteroatoms. The molecule has 1 aliphatic heterocycles. The molecule has 0 radical (unpaired) electrons. The zero-order valence-electron chi connectivity index (χ0n) is 14.1. The molecule has 0 saturated carbocycles. The summed E-state index contributed by atoms with van der Waals surface area (Å²) in [5, 5.41) is 10.6. The smallest absolute Gasteiger partial charge is 0.261 e. The third-order valence-electron chi connectivity index (χ3n) is 4.30. The van der Waals surface area contributed by atoms with Gasteiger partial charge in [0.1, 0.15) is 11.3 Å². The summed E-state index contributed by atoms with van der Waals surface area (Å²) in [6, 6.07) is 16.1. The van der Waals surface area contributed by atoms with Crippen LogP contribution in [-0.4, -0.2) is 38.3 Å². The number of nitrogens with zero attached hydrogens (tertiary/aromatic N) is 2. The molecule has 0 atom stereocenters. The van der Waals surface area contributed by atoms with E-state index in [9.17, 15) is 14.7 Å². The van der Waals surface area contributed by atoms with Crippen molar-refractivity contribution in [1.82, 2.24) is 14.9 Å². The summed E-state index contributed by atoms with van der Waals surface area (Å²) in [5.41, 5.74) is 7.54. The average molecular weight is 358 g/mol. The molecule has 132 valence electrons. The number of imide groups is 1. The minimum absolute atomic E-state index is 0.130. The van der Waals surface area contributed by atoms with Gasteiger partial charge in [-0.1, -0.05) is 24.3 Å². The maximum Gasteiger partial charge on any atom is 0.261 e. The molecule has 0 bridgehead atoms. The summed E-state index contributed by atoms with van der Waals surface area (Å²) >= 11 is 0. The van der Waals surface area contributed by atoms with Crippen LogP contribution < -0.4 is 5.73 Å². The number of fused-ring (bicyclic) bond motifs is 2. The summed E-state index contributed by atoms with van der Waals surface area (Å²) in [6.45, 7) is -0.326. The van der Waals surface area contributed by atoms with Crippen LogP contribution in [0.1, 0.15) is 26.5 Å². The number of hydrogen-bond acceptors (Lipinski definition) is 5. The Morgan fingerprint density at radius 2 is 1.70 bits per heavy atom. The van der Waals surface area contributed by atoms with E-state index >= 15 is 0 Å². The van der Waals surface area contributed by atoms with Crippen molar-refractivity contribution in [2.45, 2.75) is 0 Å². The van der Waals surface area contributed by atoms with Crippen molar-refractivity contribution in [1.29, 1.82) is 0 Å². The highest BCUT2D eigenvalue weighted by Crippen LogP contribution is 2.25. The number of aliphatic hydroxyl groups is 1. The average Bonchev–Trinajstić information content (AvgIpc) is 3.21. The minimum atomic E-state index is -0.466. The number of aliphatic hydroxyl groups excluding tert-OH is 1. The van der Waals surface area contributed by atoms with Crippen LogP contribution in [0.15, 0.2) is 54.3 Å². The van der Waals surface area contributed by atoms with E-state index in [1.54, 1.807) is 24.3 Å². The molecule has 0 unspecified atom stereocenters. The number of nitrogens with two attached hydrogens (primary N) is 1. The molecule has 4 rings (SSSR count). The SMILES string of the molecule is NC#C/C(=C(/O)CN1C(=O)c2ccccc2C1=O)c1nc2ccccc2[nH]1. The first-order valence-electron chi connectivity index (χ1n) is 8.14. The number of imidazole rings is 1. The van der Waals surface area contributed by atoms with Crippen molar-refractivity contribution in [3.63, 3.8) is 0 Å². The van der Waals surface area contributed by atoms with Gasteiger partial charge in [0.25, 0.3) is 11.8 Å². The van der Waals surface area contributed by atoms with Gasteiger partial charge in [-0.3, -0.25) is 14.5 Å². The Hall–Kier alpha value is -4.05. The molecular weight excluding hydrogens is 344 g/mol. The highest BCUT2D eigenvalue weighted by Gasteiger charge is 2.36. The second-order valence-corrected chi connectivity index (χ2v) is 5.94. The number of rotatable bonds is 3. The Bertz CT molecular complexity index is 1110. The van der Waals surface area contributed by atoms with Crippen LogP contribution in [-0.2, 0) is 0 Å². The van der Waals surface area contributed by atoms with E-state index in [1.807, 2.05) is 24.3 Å². The fourth-order valence-electron chi connectivity index (χ4n) is 3.02. The molecule has 0 spiro atoms. The molecular formula is C20H14N4O3. The molecule has 0 saturated heterocycles. The van der Waals surface area contributed by atoms with Gasteiger partial charge in [0.2, 0.25) is 0 Å². The van der Waals surface area contributed by atoms with E-state index in [2.05, 4.69) is 21.9 Å². The lowest BCUT2D eigenvalue weighted by atomic mass is 10.1. The van der Waals surface area contributed by atoms with Crippen molar-refractivity contribution >= 4 is 28.4 Å². The van der Waals surface area contributed by atoms with Crippen molar-refractivity contribution in [2.75, 3.05) is 6.54 Å². The van der Waals surface area contributed by atoms with E-state index in [-0.39, 0.29) is 17.9 Å². The Labute approximate surface area is 154 Å². The van der Waals surface area contributed by atoms with Crippen LogP contribution in [0.2, 0.25) is 0 Å². The molecule has 1 aromatic heterocycles. The third-order valence-corrected chi connectivity index (χ3v) is 4.30. The van der Waals surface area contributed by atoms with Crippen LogP contribution in [0.3, 0.4) is 0 Å². The fraction of sp³-hybridized carbons (Fsp3) is 0.0500. The van der Waals surface area contributed by atoms with Crippen LogP contribution >= 0.6 is 0 Å². The summed E-state index contributed by atoms with van der Waals surface area (Å²) in [7, 11) is 0. The molecule has 2 amide bonds. The Morgan fingerprint density at radius 3 is 2.33 bits per heavy atom. The number of aromatic nitrogens is 2. The van der Waals surface area contributed by atoms with Crippen molar-refractivity contribution in [3.8, 4) is 12.0 Å². The highest BCUT2D eigenvalue weighted by atomic mass is 16.3. The number of benzene rings is 2. The molecule has 4 N–H and O–H groups in total. The van der Waals surface area contributed by atoms with Crippen molar-refractivity contribution in [2.24, 2.45) is 5.73 Å². The van der Waals surface area contributed by atoms with Gasteiger partial charge in [-0.2, -0.15) is 0 Å². The van der Waals surface area contributed by atoms with Gasteiger partial charge >= 0.3 is 0 Å². The standard InChI is InChI=1S/C20H14N4O3/c21-10-9-14(18-22-15-7-3-4-8-16(15)23-18)17(25)11-24-19(26)12-5-1-2-6-13(12)20(24)27/h1-8,25H,11,21H2,(H,22,23)/b17-14-. The number of carbonyl (C=O) groups is 2. The highest BCUT2D eigenvalue weighted by molar-refractivity contribution is 6.21. The van der Waals surface area contributed by atoms with Crippen molar-refractivity contribution in [3.05, 3.63) is 71.2 Å². The Balaban J connectivity index is 1.72. The zero-order valence-corrected chi connectivity index (χ0v) is 14.1. The van der Waals surface area contributed by atoms with E-state index in [0.29, 0.717) is 22.5 Å². The Kier molecular flexibility index (Phi) is 3.86. The lowest BCUT2D eigenvalue weighted by Gasteiger charge is -2.14. The second kappa shape index (κ2) is 6.35. The molecule has 7 nitrogen and oxygen atoms in total. The summed E-state index contributed by atoms with van der Waals surface area (Å²) < 4.78 is 0. The quantitative estimate of drug-likeness (QED) is 0.287. The predicted octanol–water partition coefficient (Wildman–Crippen LogP) is 2.05. The number of carbonyl (C=O) groups excluding carboxylic acids is 2. The number of para-hydroxylation sites is 2. The number of allylic oxidation sites excluding steroid dienone is 1. The van der Waals surface area contributed by atoms with Gasteiger partial charge in [0.05, 0.1) is 28.7 Å². The van der Waals surface area contributed by atoms with Gasteiger partial charge in [-0.25, -0.2) is 4.98 Å². The maximum absolute atomic E-state index is 12.5. The van der Waals surface area contributed by atoms with Gasteiger partial charge < -0.3 is 15.8 Å². The summed E-state index contributed by atoms with van der Waals surface area (Å²) in [4.78, 5) is 33.4. The van der Waals surface area contributed by atoms with Crippen LogP contribution in [0, 0.1) is 12.0 Å². The van der Waals surface area contributed by atoms with Gasteiger partial charge in [-0.15, -0.1) is 0 Å². The third kappa shape index (κ3) is 2.69. The van der Waals surface area contributed by atoms with E-state index < -0.39 is 11.8 Å². The molecule has 0 fully saturated rings. The predicted molar refractivity (Wildman–Crippen MR) is 99.4 cm³/mol. The van der Waals surface area contributed by atoms with Crippen molar-refractivity contribution < 1.29 is 14.7 Å². The second-order valence-electron chi connectivity index (χ2n) is 5.94. The normalized spacial score (nSPS) is 14.0. The number of amides is 2. The number of H-pyrrole nitrogens is 1. The molecule has 27 heavy (non-hydrogen) atoms. The summed E-state index contributed by atoms with van der Waals surface area (Å²) in [6.07, 6.45) is 0. The molecule has 3 aromatic rings. The Morgan fingerprint density at radius 1 is 1.07 bits per heavy atom. The van der Waals surface area contributed by atoms with Crippen LogP contribution in [0.25, 0.3) is 16.6 Å². The maximum atomic E-state index is 12.5. The first-order valence-corrected chi connectivity index (χ1v) is 8.14. The molecule has 0 aliphatic carbocycles. The topological polar surface area (TPSA) is 112 Å². The molecule has 2 aromatic carbocycles. The fourth-order valence-corrected chi connectivity index (χ4v) is 3.02. The van der Waals surface area contributed by atoms with E-state index in [4.69, 9.17) is 5.73 Å². The van der Waals surface area contributed by atoms with Gasteiger partial charge in [-0.05, 0) is 30.2 Å². The lowest BCUT2D eigenvalue weighted by molar-refractivity contribution is 0.0652. The minimum Gasteiger partial charge on any atom is -0.509 e. The molecule has 2 heterocycles. The first-order chi connectivity index (χ1) is 13.1. The van der Waals surface area contributed by atoms with Gasteiger partial charge in [0.15, 0.2) is 5.82 Å². The summed E-state index contributed by atoms with van der Waals surface area (Å²) in [5.74, 6) is 1.70. The number of aromatic amines is 1. The van der Waals surface area contributed by atoms with Crippen LogP contribution in [0.4, 0.5) is 0 Å². The van der Waals surface area contributed by atoms with E-state index in [1.165, 1.54) is 0 Å². The monoisotopic (exact) mass is 358 g/mol. The van der Waals surface area contributed by atoms with Gasteiger partial charge in [0, 0.05) is 6.04 Å². The van der Waals surface area contributed by atoms with E-state index in [0.717, 1.165) is 10.4 Å². The molecule has 1 aliphatic rings. The first kappa shape index (κ1) is 16.4. The zero-order chi connectivity index (χ0) is 19.0. The van der Waals surface area contributed by atoms with Crippen LogP contribution in [0.5, 0.6) is 0 Å². The lowest BCUT2D eigenvalue weighted by Crippen LogP contribution is -2.32. The number of nitrogens with one attached hydrogen (secondary N) is 1.